The number of hydrogen-bond donors (Lipinski definition) is 2. The monoisotopic (exact) mass is 478 g/mol. The Hall–Kier alpha value is -2.59. The number of hydrogen-bond acceptors (Lipinski definition) is 6. The lowest BCUT2D eigenvalue weighted by Gasteiger charge is -2.13. The predicted molar refractivity (Wildman–Crippen MR) is 126 cm³/mol. The molecule has 0 fully saturated rings. The SMILES string of the molecule is CCC(C)NC(=O)CSc1nnc2n(CCC(=O)NC(C)C)c(=O)c3cc(Cl)ccc3n12. The van der Waals surface area contributed by atoms with E-state index in [1.165, 1.54) is 16.3 Å². The number of rotatable bonds is 9. The summed E-state index contributed by atoms with van der Waals surface area (Å²) in [5.41, 5.74) is 0.290. The number of aromatic nitrogens is 4. The summed E-state index contributed by atoms with van der Waals surface area (Å²) in [5, 5.41) is 15.5. The standard InChI is InChI=1S/C21H27ClN6O3S/c1-5-13(4)24-18(30)11-32-21-26-25-20-27(9-8-17(29)23-12(2)3)19(31)15-10-14(22)6-7-16(15)28(20)21/h6-7,10,12-13H,5,8-9,11H2,1-4H3,(H,23,29)(H,24,30). The van der Waals surface area contributed by atoms with Gasteiger partial charge < -0.3 is 10.6 Å². The van der Waals surface area contributed by atoms with E-state index in [1.807, 2.05) is 27.7 Å². The van der Waals surface area contributed by atoms with Gasteiger partial charge in [0.05, 0.1) is 16.7 Å². The van der Waals surface area contributed by atoms with Crippen molar-refractivity contribution in [2.24, 2.45) is 0 Å². The summed E-state index contributed by atoms with van der Waals surface area (Å²) in [6.45, 7) is 7.84. The van der Waals surface area contributed by atoms with Gasteiger partial charge >= 0.3 is 0 Å². The number of thioether (sulfide) groups is 1. The molecule has 1 aromatic carbocycles. The van der Waals surface area contributed by atoms with Gasteiger partial charge in [-0.3, -0.25) is 23.4 Å². The van der Waals surface area contributed by atoms with Crippen molar-refractivity contribution in [1.82, 2.24) is 29.8 Å². The molecule has 0 saturated heterocycles. The molecule has 2 heterocycles. The first kappa shape index (κ1) is 24.1. The summed E-state index contributed by atoms with van der Waals surface area (Å²) in [6, 6.07) is 5.10. The minimum Gasteiger partial charge on any atom is -0.354 e. The topological polar surface area (TPSA) is 110 Å². The van der Waals surface area contributed by atoms with E-state index in [0.29, 0.717) is 26.9 Å². The Labute approximate surface area is 194 Å². The molecule has 11 heteroatoms. The highest BCUT2D eigenvalue weighted by Gasteiger charge is 2.19. The van der Waals surface area contributed by atoms with Crippen molar-refractivity contribution in [1.29, 1.82) is 0 Å². The van der Waals surface area contributed by atoms with Gasteiger partial charge in [-0.1, -0.05) is 30.3 Å². The fourth-order valence-corrected chi connectivity index (χ4v) is 4.13. The van der Waals surface area contributed by atoms with Gasteiger partial charge in [-0.25, -0.2) is 0 Å². The molecule has 2 amide bonds. The smallest absolute Gasteiger partial charge is 0.262 e. The van der Waals surface area contributed by atoms with Crippen LogP contribution in [0.15, 0.2) is 28.2 Å². The van der Waals surface area contributed by atoms with Crippen LogP contribution in [0.5, 0.6) is 0 Å². The van der Waals surface area contributed by atoms with E-state index in [9.17, 15) is 14.4 Å². The van der Waals surface area contributed by atoms with E-state index in [4.69, 9.17) is 11.6 Å². The number of fused-ring (bicyclic) bond motifs is 3. The second-order valence-electron chi connectivity index (χ2n) is 7.87. The normalized spacial score (nSPS) is 12.4. The minimum atomic E-state index is -0.300. The summed E-state index contributed by atoms with van der Waals surface area (Å²) in [7, 11) is 0. The van der Waals surface area contributed by atoms with Gasteiger partial charge in [0, 0.05) is 30.1 Å². The van der Waals surface area contributed by atoms with Gasteiger partial charge in [-0.05, 0) is 45.4 Å². The van der Waals surface area contributed by atoms with Gasteiger partial charge in [-0.15, -0.1) is 10.2 Å². The first-order valence-electron chi connectivity index (χ1n) is 10.5. The number of aryl methyl sites for hydroxylation is 1. The fraction of sp³-hybridized carbons (Fsp3) is 0.476. The highest BCUT2D eigenvalue weighted by atomic mass is 35.5. The van der Waals surface area contributed by atoms with Crippen LogP contribution in [0.3, 0.4) is 0 Å². The van der Waals surface area contributed by atoms with Crippen LogP contribution in [0.1, 0.15) is 40.5 Å². The molecule has 1 unspecified atom stereocenters. The largest absolute Gasteiger partial charge is 0.354 e. The van der Waals surface area contributed by atoms with Crippen molar-refractivity contribution in [3.63, 3.8) is 0 Å². The Morgan fingerprint density at radius 2 is 1.91 bits per heavy atom. The molecule has 172 valence electrons. The third-order valence-corrected chi connectivity index (χ3v) is 6.06. The van der Waals surface area contributed by atoms with Crippen LogP contribution in [-0.4, -0.2) is 48.8 Å². The second-order valence-corrected chi connectivity index (χ2v) is 9.25. The van der Waals surface area contributed by atoms with Gasteiger partial charge in [0.15, 0.2) is 5.16 Å². The molecule has 1 atom stereocenters. The Morgan fingerprint density at radius 1 is 1.16 bits per heavy atom. The maximum Gasteiger partial charge on any atom is 0.262 e. The van der Waals surface area contributed by atoms with Crippen molar-refractivity contribution in [3.05, 3.63) is 33.6 Å². The van der Waals surface area contributed by atoms with Crippen LogP contribution in [0.2, 0.25) is 5.02 Å². The zero-order valence-electron chi connectivity index (χ0n) is 18.5. The lowest BCUT2D eigenvalue weighted by Crippen LogP contribution is -2.33. The molecular formula is C21H27ClN6O3S. The number of carbonyl (C=O) groups excluding carboxylic acids is 2. The molecule has 0 spiro atoms. The van der Waals surface area contributed by atoms with Gasteiger partial charge in [-0.2, -0.15) is 0 Å². The molecular weight excluding hydrogens is 452 g/mol. The summed E-state index contributed by atoms with van der Waals surface area (Å²) < 4.78 is 3.16. The Kier molecular flexibility index (Phi) is 7.78. The third kappa shape index (κ3) is 5.42. The quantitative estimate of drug-likeness (QED) is 0.457. The molecule has 0 bridgehead atoms. The van der Waals surface area contributed by atoms with E-state index in [-0.39, 0.29) is 48.2 Å². The molecule has 0 aliphatic carbocycles. The summed E-state index contributed by atoms with van der Waals surface area (Å²) in [5.74, 6) is 0.210. The number of nitrogens with one attached hydrogen (secondary N) is 2. The zero-order valence-corrected chi connectivity index (χ0v) is 20.1. The van der Waals surface area contributed by atoms with E-state index in [2.05, 4.69) is 20.8 Å². The molecule has 32 heavy (non-hydrogen) atoms. The Balaban J connectivity index is 2.00. The van der Waals surface area contributed by atoms with E-state index in [1.54, 1.807) is 22.6 Å². The van der Waals surface area contributed by atoms with Crippen LogP contribution < -0.4 is 16.2 Å². The molecule has 0 aliphatic heterocycles. The molecule has 2 N–H and O–H groups in total. The van der Waals surface area contributed by atoms with Crippen molar-refractivity contribution < 1.29 is 9.59 Å². The highest BCUT2D eigenvalue weighted by molar-refractivity contribution is 7.99. The maximum absolute atomic E-state index is 13.2. The van der Waals surface area contributed by atoms with Crippen molar-refractivity contribution >= 4 is 51.9 Å². The van der Waals surface area contributed by atoms with Crippen LogP contribution >= 0.6 is 23.4 Å². The van der Waals surface area contributed by atoms with E-state index in [0.717, 1.165) is 6.42 Å². The predicted octanol–water partition coefficient (Wildman–Crippen LogP) is 2.62. The van der Waals surface area contributed by atoms with Crippen LogP contribution in [0.25, 0.3) is 16.7 Å². The molecule has 2 aromatic heterocycles. The number of carbonyl (C=O) groups is 2. The molecule has 3 aromatic rings. The summed E-state index contributed by atoms with van der Waals surface area (Å²) in [4.78, 5) is 37.6. The third-order valence-electron chi connectivity index (χ3n) is 4.90. The average Bonchev–Trinajstić information content (AvgIpc) is 3.15. The lowest BCUT2D eigenvalue weighted by atomic mass is 10.2. The van der Waals surface area contributed by atoms with Crippen LogP contribution in [0.4, 0.5) is 0 Å². The molecule has 0 aliphatic rings. The first-order valence-corrected chi connectivity index (χ1v) is 11.9. The molecule has 0 radical (unpaired) electrons. The first-order chi connectivity index (χ1) is 15.2. The zero-order chi connectivity index (χ0) is 23.4. The van der Waals surface area contributed by atoms with Crippen molar-refractivity contribution in [2.75, 3.05) is 5.75 Å². The number of amides is 2. The van der Waals surface area contributed by atoms with Gasteiger partial charge in [0.2, 0.25) is 17.6 Å². The summed E-state index contributed by atoms with van der Waals surface area (Å²) in [6.07, 6.45) is 0.957. The van der Waals surface area contributed by atoms with Crippen molar-refractivity contribution in [3.8, 4) is 0 Å². The van der Waals surface area contributed by atoms with Crippen molar-refractivity contribution in [2.45, 2.75) is 64.3 Å². The molecule has 0 saturated carbocycles. The van der Waals surface area contributed by atoms with E-state index < -0.39 is 0 Å². The van der Waals surface area contributed by atoms with Crippen LogP contribution in [-0.2, 0) is 16.1 Å². The Bertz CT molecular complexity index is 1210. The fourth-order valence-electron chi connectivity index (χ4n) is 3.21. The minimum absolute atomic E-state index is 0.00678. The number of halogens is 1. The maximum atomic E-state index is 13.2. The Morgan fingerprint density at radius 3 is 2.59 bits per heavy atom. The summed E-state index contributed by atoms with van der Waals surface area (Å²) >= 11 is 7.38. The molecule has 9 nitrogen and oxygen atoms in total. The van der Waals surface area contributed by atoms with Crippen LogP contribution in [0, 0.1) is 0 Å². The second kappa shape index (κ2) is 10.4. The number of nitrogens with zero attached hydrogens (tertiary/aromatic N) is 4. The average molecular weight is 479 g/mol. The number of benzene rings is 1. The molecule has 3 rings (SSSR count). The van der Waals surface area contributed by atoms with E-state index >= 15 is 0 Å². The van der Waals surface area contributed by atoms with Gasteiger partial charge in [0.25, 0.3) is 5.56 Å². The lowest BCUT2D eigenvalue weighted by molar-refractivity contribution is -0.122. The highest BCUT2D eigenvalue weighted by Crippen LogP contribution is 2.23. The van der Waals surface area contributed by atoms with Gasteiger partial charge in [0.1, 0.15) is 0 Å².